The topological polar surface area (TPSA) is 81.4 Å². The summed E-state index contributed by atoms with van der Waals surface area (Å²) in [5.74, 6) is 1.05. The fourth-order valence-corrected chi connectivity index (χ4v) is 3.69. The van der Waals surface area contributed by atoms with Gasteiger partial charge in [0.15, 0.2) is 0 Å². The highest BCUT2D eigenvalue weighted by molar-refractivity contribution is 5.85. The Kier molecular flexibility index (Phi) is 4.55. The molecule has 0 fully saturated rings. The summed E-state index contributed by atoms with van der Waals surface area (Å²) in [5, 5.41) is 8.78. The summed E-state index contributed by atoms with van der Waals surface area (Å²) < 4.78 is 13.3. The monoisotopic (exact) mass is 400 g/mol. The molecule has 5 aromatic rings. The first-order valence-corrected chi connectivity index (χ1v) is 9.83. The third kappa shape index (κ3) is 3.69. The number of fused-ring (bicyclic) bond motifs is 2. The summed E-state index contributed by atoms with van der Waals surface area (Å²) in [4.78, 5) is 15.3. The number of nitrogens with zero attached hydrogens (tertiary/aromatic N) is 2. The van der Waals surface area contributed by atoms with Crippen molar-refractivity contribution in [1.82, 2.24) is 19.9 Å². The third-order valence-electron chi connectivity index (χ3n) is 5.09. The van der Waals surface area contributed by atoms with Crippen LogP contribution in [0.15, 0.2) is 60.9 Å². The number of nitrogens with one attached hydrogen (secondary N) is 4. The van der Waals surface area contributed by atoms with Crippen molar-refractivity contribution in [3.63, 3.8) is 0 Å². The Hall–Kier alpha value is -3.87. The average Bonchev–Trinajstić information content (AvgIpc) is 3.30. The molecule has 0 saturated heterocycles. The van der Waals surface area contributed by atoms with E-state index in [1.165, 1.54) is 12.1 Å². The highest BCUT2D eigenvalue weighted by atomic mass is 19.1. The number of benzene rings is 2. The van der Waals surface area contributed by atoms with E-state index in [0.29, 0.717) is 12.5 Å². The largest absolute Gasteiger partial charge is 0.361 e. The molecule has 5 rings (SSSR count). The fourth-order valence-electron chi connectivity index (χ4n) is 3.69. The molecule has 7 heteroatoms. The fraction of sp³-hybridized carbons (Fsp3) is 0.130. The number of halogens is 1. The second-order valence-corrected chi connectivity index (χ2v) is 7.33. The number of hydrogen-bond acceptors (Lipinski definition) is 4. The van der Waals surface area contributed by atoms with Gasteiger partial charge in [-0.2, -0.15) is 4.98 Å². The molecular weight excluding hydrogens is 379 g/mol. The molecule has 0 atom stereocenters. The molecule has 30 heavy (non-hydrogen) atoms. The van der Waals surface area contributed by atoms with Gasteiger partial charge in [-0.1, -0.05) is 0 Å². The number of H-pyrrole nitrogens is 2. The maximum Gasteiger partial charge on any atom is 0.224 e. The summed E-state index contributed by atoms with van der Waals surface area (Å²) >= 11 is 0. The molecule has 2 aromatic carbocycles. The molecule has 0 unspecified atom stereocenters. The van der Waals surface area contributed by atoms with Crippen LogP contribution in [0.5, 0.6) is 0 Å². The Morgan fingerprint density at radius 2 is 1.97 bits per heavy atom. The summed E-state index contributed by atoms with van der Waals surface area (Å²) in [5.41, 5.74) is 5.15. The molecule has 0 aliphatic carbocycles. The van der Waals surface area contributed by atoms with Crippen molar-refractivity contribution in [3.8, 4) is 0 Å². The molecule has 150 valence electrons. The van der Waals surface area contributed by atoms with E-state index in [-0.39, 0.29) is 5.82 Å². The quantitative estimate of drug-likeness (QED) is 0.312. The van der Waals surface area contributed by atoms with Crippen LogP contribution in [0.1, 0.15) is 11.3 Å². The van der Waals surface area contributed by atoms with Crippen molar-refractivity contribution < 1.29 is 4.39 Å². The van der Waals surface area contributed by atoms with Crippen LogP contribution in [0, 0.1) is 12.7 Å². The van der Waals surface area contributed by atoms with Crippen molar-refractivity contribution in [2.45, 2.75) is 13.3 Å². The van der Waals surface area contributed by atoms with Crippen LogP contribution in [0.4, 0.5) is 21.8 Å². The van der Waals surface area contributed by atoms with Gasteiger partial charge in [0.2, 0.25) is 5.95 Å². The smallest absolute Gasteiger partial charge is 0.224 e. The van der Waals surface area contributed by atoms with Gasteiger partial charge in [-0.3, -0.25) is 0 Å². The number of anilines is 3. The standard InChI is InChI=1S/C23H21FN6/c1-14-10-16-11-18(3-5-20(16)28-14)29-22-7-9-26-23(30-22)25-8-6-15-13-27-21-12-17(24)2-4-19(15)21/h2-5,7,9-13,27-28H,6,8H2,1H3,(H2,25,26,29,30). The van der Waals surface area contributed by atoms with E-state index in [0.717, 1.165) is 51.0 Å². The summed E-state index contributed by atoms with van der Waals surface area (Å²) in [7, 11) is 0. The van der Waals surface area contributed by atoms with Gasteiger partial charge in [0.1, 0.15) is 11.6 Å². The van der Waals surface area contributed by atoms with Gasteiger partial charge < -0.3 is 20.6 Å². The lowest BCUT2D eigenvalue weighted by atomic mass is 10.1. The number of rotatable bonds is 6. The first-order valence-electron chi connectivity index (χ1n) is 9.83. The molecule has 0 amide bonds. The maximum absolute atomic E-state index is 13.3. The predicted octanol–water partition coefficient (Wildman–Crippen LogP) is 5.28. The first-order chi connectivity index (χ1) is 14.6. The van der Waals surface area contributed by atoms with Crippen molar-refractivity contribution >= 4 is 39.3 Å². The molecule has 0 saturated carbocycles. The molecule has 0 radical (unpaired) electrons. The van der Waals surface area contributed by atoms with Gasteiger partial charge >= 0.3 is 0 Å². The minimum absolute atomic E-state index is 0.238. The van der Waals surface area contributed by atoms with Crippen LogP contribution in [0.25, 0.3) is 21.8 Å². The van der Waals surface area contributed by atoms with Crippen LogP contribution in [-0.2, 0) is 6.42 Å². The molecular formula is C23H21FN6. The number of aryl methyl sites for hydroxylation is 1. The number of hydrogen-bond donors (Lipinski definition) is 4. The maximum atomic E-state index is 13.3. The summed E-state index contributed by atoms with van der Waals surface area (Å²) in [6.45, 7) is 2.71. The number of aromatic nitrogens is 4. The molecule has 0 bridgehead atoms. The second-order valence-electron chi connectivity index (χ2n) is 7.33. The SMILES string of the molecule is Cc1cc2cc(Nc3ccnc(NCCc4c[nH]c5cc(F)ccc45)n3)ccc2[nH]1. The van der Waals surface area contributed by atoms with Gasteiger partial charge in [-0.15, -0.1) is 0 Å². The van der Waals surface area contributed by atoms with Crippen LogP contribution in [-0.4, -0.2) is 26.5 Å². The van der Waals surface area contributed by atoms with Gasteiger partial charge in [0, 0.05) is 52.1 Å². The van der Waals surface area contributed by atoms with Gasteiger partial charge in [0.05, 0.1) is 0 Å². The van der Waals surface area contributed by atoms with E-state index < -0.39 is 0 Å². The summed E-state index contributed by atoms with van der Waals surface area (Å²) in [6.07, 6.45) is 4.42. The van der Waals surface area contributed by atoms with Crippen LogP contribution in [0.2, 0.25) is 0 Å². The number of aromatic amines is 2. The lowest BCUT2D eigenvalue weighted by Gasteiger charge is -2.08. The van der Waals surface area contributed by atoms with Crippen molar-refractivity contribution in [3.05, 3.63) is 78.0 Å². The third-order valence-corrected chi connectivity index (χ3v) is 5.09. The van der Waals surface area contributed by atoms with E-state index >= 15 is 0 Å². The lowest BCUT2D eigenvalue weighted by molar-refractivity contribution is 0.629. The Morgan fingerprint density at radius 1 is 1.03 bits per heavy atom. The van der Waals surface area contributed by atoms with Gasteiger partial charge in [-0.05, 0) is 67.4 Å². The molecule has 0 spiro atoms. The Morgan fingerprint density at radius 3 is 2.90 bits per heavy atom. The van der Waals surface area contributed by atoms with E-state index in [4.69, 9.17) is 0 Å². The molecule has 3 heterocycles. The second kappa shape index (κ2) is 7.51. The lowest BCUT2D eigenvalue weighted by Crippen LogP contribution is -2.08. The highest BCUT2D eigenvalue weighted by Gasteiger charge is 2.06. The van der Waals surface area contributed by atoms with Crippen molar-refractivity contribution in [1.29, 1.82) is 0 Å². The predicted molar refractivity (Wildman–Crippen MR) is 119 cm³/mol. The van der Waals surface area contributed by atoms with Gasteiger partial charge in [-0.25, -0.2) is 9.37 Å². The van der Waals surface area contributed by atoms with E-state index in [2.05, 4.69) is 48.8 Å². The molecule has 0 aliphatic heterocycles. The van der Waals surface area contributed by atoms with Crippen molar-refractivity contribution in [2.24, 2.45) is 0 Å². The minimum Gasteiger partial charge on any atom is -0.361 e. The van der Waals surface area contributed by atoms with Gasteiger partial charge in [0.25, 0.3) is 0 Å². The average molecular weight is 400 g/mol. The Labute approximate surface area is 172 Å². The molecule has 4 N–H and O–H groups in total. The normalized spacial score (nSPS) is 11.3. The molecule has 0 aliphatic rings. The molecule has 6 nitrogen and oxygen atoms in total. The highest BCUT2D eigenvalue weighted by Crippen LogP contribution is 2.23. The van der Waals surface area contributed by atoms with E-state index in [1.807, 2.05) is 25.3 Å². The Balaban J connectivity index is 1.25. The first kappa shape index (κ1) is 18.2. The summed E-state index contributed by atoms with van der Waals surface area (Å²) in [6, 6.07) is 14.9. The minimum atomic E-state index is -0.238. The zero-order valence-corrected chi connectivity index (χ0v) is 16.5. The van der Waals surface area contributed by atoms with Crippen LogP contribution in [0.3, 0.4) is 0 Å². The zero-order valence-electron chi connectivity index (χ0n) is 16.5. The zero-order chi connectivity index (χ0) is 20.5. The molecule has 3 aromatic heterocycles. The van der Waals surface area contributed by atoms with Crippen LogP contribution < -0.4 is 10.6 Å². The Bertz CT molecular complexity index is 1340. The van der Waals surface area contributed by atoms with E-state index in [9.17, 15) is 4.39 Å². The van der Waals surface area contributed by atoms with E-state index in [1.54, 1.807) is 12.3 Å². The van der Waals surface area contributed by atoms with Crippen LogP contribution >= 0.6 is 0 Å². The van der Waals surface area contributed by atoms with Crippen molar-refractivity contribution in [2.75, 3.05) is 17.2 Å².